The zero-order valence-corrected chi connectivity index (χ0v) is 9.26. The SMILES string of the molecule is Cc1ncc(C(O)c2cc(F)ccc2F)s1. The van der Waals surface area contributed by atoms with E-state index in [0.29, 0.717) is 4.88 Å². The minimum atomic E-state index is -1.16. The number of thiazole rings is 1. The summed E-state index contributed by atoms with van der Waals surface area (Å²) in [6.45, 7) is 1.78. The van der Waals surface area contributed by atoms with Crippen LogP contribution in [-0.4, -0.2) is 10.1 Å². The second-order valence-corrected chi connectivity index (χ2v) is 4.62. The van der Waals surface area contributed by atoms with E-state index in [4.69, 9.17) is 0 Å². The second kappa shape index (κ2) is 4.27. The third kappa shape index (κ3) is 2.10. The Morgan fingerprint density at radius 3 is 2.75 bits per heavy atom. The fourth-order valence-electron chi connectivity index (χ4n) is 1.38. The van der Waals surface area contributed by atoms with Crippen LogP contribution in [0.3, 0.4) is 0 Å². The number of hydrogen-bond donors (Lipinski definition) is 1. The summed E-state index contributed by atoms with van der Waals surface area (Å²) in [7, 11) is 0. The van der Waals surface area contributed by atoms with E-state index in [1.807, 2.05) is 0 Å². The van der Waals surface area contributed by atoms with Crippen LogP contribution >= 0.6 is 11.3 Å². The van der Waals surface area contributed by atoms with Gasteiger partial charge in [-0.15, -0.1) is 11.3 Å². The summed E-state index contributed by atoms with van der Waals surface area (Å²) in [5, 5.41) is 10.6. The summed E-state index contributed by atoms with van der Waals surface area (Å²) >= 11 is 1.26. The molecule has 5 heteroatoms. The summed E-state index contributed by atoms with van der Waals surface area (Å²) in [5.41, 5.74) is -0.0661. The fraction of sp³-hybridized carbons (Fsp3) is 0.182. The summed E-state index contributed by atoms with van der Waals surface area (Å²) in [6, 6.07) is 3.01. The molecular formula is C11H9F2NOS. The van der Waals surface area contributed by atoms with Gasteiger partial charge in [0.2, 0.25) is 0 Å². The van der Waals surface area contributed by atoms with E-state index < -0.39 is 17.7 Å². The largest absolute Gasteiger partial charge is 0.383 e. The highest BCUT2D eigenvalue weighted by Gasteiger charge is 2.17. The molecule has 1 heterocycles. The lowest BCUT2D eigenvalue weighted by Crippen LogP contribution is -2.01. The average molecular weight is 241 g/mol. The summed E-state index contributed by atoms with van der Waals surface area (Å²) in [4.78, 5) is 4.46. The van der Waals surface area contributed by atoms with E-state index in [9.17, 15) is 13.9 Å². The molecule has 0 saturated carbocycles. The minimum absolute atomic E-state index is 0.0661. The molecule has 0 saturated heterocycles. The molecule has 2 rings (SSSR count). The Hall–Kier alpha value is -1.33. The monoisotopic (exact) mass is 241 g/mol. The van der Waals surface area contributed by atoms with Crippen molar-refractivity contribution in [3.05, 3.63) is 51.5 Å². The summed E-state index contributed by atoms with van der Waals surface area (Å²) in [5.74, 6) is -1.20. The van der Waals surface area contributed by atoms with Gasteiger partial charge in [0, 0.05) is 11.8 Å². The Bertz CT molecular complexity index is 512. The molecule has 16 heavy (non-hydrogen) atoms. The molecule has 1 aromatic heterocycles. The van der Waals surface area contributed by atoms with E-state index in [-0.39, 0.29) is 5.56 Å². The fourth-order valence-corrected chi connectivity index (χ4v) is 2.17. The van der Waals surface area contributed by atoms with Gasteiger partial charge in [-0.2, -0.15) is 0 Å². The molecule has 2 aromatic rings. The van der Waals surface area contributed by atoms with Gasteiger partial charge in [-0.3, -0.25) is 0 Å². The predicted molar refractivity (Wildman–Crippen MR) is 57.3 cm³/mol. The van der Waals surface area contributed by atoms with Crippen LogP contribution in [0.5, 0.6) is 0 Å². The molecule has 0 aliphatic rings. The first kappa shape index (κ1) is 11.2. The number of halogens is 2. The maximum atomic E-state index is 13.4. The third-order valence-corrected chi connectivity index (χ3v) is 3.13. The Morgan fingerprint density at radius 1 is 1.38 bits per heavy atom. The lowest BCUT2D eigenvalue weighted by atomic mass is 10.1. The van der Waals surface area contributed by atoms with E-state index in [2.05, 4.69) is 4.98 Å². The van der Waals surface area contributed by atoms with E-state index in [1.54, 1.807) is 6.92 Å². The molecular weight excluding hydrogens is 232 g/mol. The zero-order chi connectivity index (χ0) is 11.7. The maximum Gasteiger partial charge on any atom is 0.129 e. The van der Waals surface area contributed by atoms with Gasteiger partial charge in [0.1, 0.15) is 17.7 Å². The molecule has 1 aromatic carbocycles. The van der Waals surface area contributed by atoms with Crippen molar-refractivity contribution in [1.29, 1.82) is 0 Å². The van der Waals surface area contributed by atoms with E-state index >= 15 is 0 Å². The van der Waals surface area contributed by atoms with Crippen LogP contribution in [0.4, 0.5) is 8.78 Å². The number of aliphatic hydroxyl groups excluding tert-OH is 1. The molecule has 1 atom stereocenters. The third-order valence-electron chi connectivity index (χ3n) is 2.16. The van der Waals surface area contributed by atoms with Crippen LogP contribution in [0.1, 0.15) is 21.6 Å². The van der Waals surface area contributed by atoms with Gasteiger partial charge in [0.15, 0.2) is 0 Å². The lowest BCUT2D eigenvalue weighted by Gasteiger charge is -2.09. The highest BCUT2D eigenvalue weighted by atomic mass is 32.1. The van der Waals surface area contributed by atoms with Crippen molar-refractivity contribution in [3.8, 4) is 0 Å². The van der Waals surface area contributed by atoms with Crippen molar-refractivity contribution in [2.75, 3.05) is 0 Å². The quantitative estimate of drug-likeness (QED) is 0.877. The number of aliphatic hydroxyl groups is 1. The molecule has 0 radical (unpaired) electrons. The van der Waals surface area contributed by atoms with Gasteiger partial charge in [0.25, 0.3) is 0 Å². The Labute approximate surface area is 95.2 Å². The molecule has 0 aliphatic heterocycles. The molecule has 0 spiro atoms. The molecule has 1 N–H and O–H groups in total. The van der Waals surface area contributed by atoms with Gasteiger partial charge in [-0.1, -0.05) is 0 Å². The topological polar surface area (TPSA) is 33.1 Å². The number of hydrogen-bond acceptors (Lipinski definition) is 3. The number of nitrogens with zero attached hydrogens (tertiary/aromatic N) is 1. The smallest absolute Gasteiger partial charge is 0.129 e. The first-order valence-corrected chi connectivity index (χ1v) is 5.45. The minimum Gasteiger partial charge on any atom is -0.383 e. The lowest BCUT2D eigenvalue weighted by molar-refractivity contribution is 0.218. The van der Waals surface area contributed by atoms with Gasteiger partial charge >= 0.3 is 0 Å². The van der Waals surface area contributed by atoms with Crippen LogP contribution in [-0.2, 0) is 0 Å². The summed E-state index contributed by atoms with van der Waals surface area (Å²) in [6.07, 6.45) is 0.302. The Morgan fingerprint density at radius 2 is 2.12 bits per heavy atom. The number of rotatable bonds is 2. The number of aryl methyl sites for hydroxylation is 1. The summed E-state index contributed by atoms with van der Waals surface area (Å²) < 4.78 is 26.3. The van der Waals surface area contributed by atoms with Crippen LogP contribution in [0.25, 0.3) is 0 Å². The van der Waals surface area contributed by atoms with Crippen LogP contribution in [0.15, 0.2) is 24.4 Å². The normalized spacial score (nSPS) is 12.8. The van der Waals surface area contributed by atoms with E-state index in [0.717, 1.165) is 23.2 Å². The molecule has 0 fully saturated rings. The molecule has 2 nitrogen and oxygen atoms in total. The van der Waals surface area contributed by atoms with Crippen LogP contribution < -0.4 is 0 Å². The van der Waals surface area contributed by atoms with Gasteiger partial charge < -0.3 is 5.11 Å². The van der Waals surface area contributed by atoms with Crippen molar-refractivity contribution in [2.24, 2.45) is 0 Å². The average Bonchev–Trinajstić information content (AvgIpc) is 2.67. The maximum absolute atomic E-state index is 13.4. The van der Waals surface area contributed by atoms with Crippen molar-refractivity contribution < 1.29 is 13.9 Å². The van der Waals surface area contributed by atoms with Crippen LogP contribution in [0.2, 0.25) is 0 Å². The van der Waals surface area contributed by atoms with Crippen molar-refractivity contribution in [3.63, 3.8) is 0 Å². The van der Waals surface area contributed by atoms with Crippen LogP contribution in [0, 0.1) is 18.6 Å². The first-order chi connectivity index (χ1) is 7.58. The van der Waals surface area contributed by atoms with Gasteiger partial charge in [-0.25, -0.2) is 13.8 Å². The van der Waals surface area contributed by atoms with Crippen molar-refractivity contribution >= 4 is 11.3 Å². The van der Waals surface area contributed by atoms with E-state index in [1.165, 1.54) is 17.5 Å². The highest BCUT2D eigenvalue weighted by Crippen LogP contribution is 2.28. The number of aromatic nitrogens is 1. The van der Waals surface area contributed by atoms with Crippen molar-refractivity contribution in [1.82, 2.24) is 4.98 Å². The predicted octanol–water partition coefficient (Wildman–Crippen LogP) is 2.81. The molecule has 0 aliphatic carbocycles. The van der Waals surface area contributed by atoms with Gasteiger partial charge in [-0.05, 0) is 25.1 Å². The zero-order valence-electron chi connectivity index (χ0n) is 8.45. The standard InChI is InChI=1S/C11H9F2NOS/c1-6-14-5-10(16-6)11(15)8-4-7(12)2-3-9(8)13/h2-5,11,15H,1H3. The first-order valence-electron chi connectivity index (χ1n) is 4.63. The number of benzene rings is 1. The molecule has 84 valence electrons. The second-order valence-electron chi connectivity index (χ2n) is 3.35. The van der Waals surface area contributed by atoms with Gasteiger partial charge in [0.05, 0.1) is 9.88 Å². The molecule has 1 unspecified atom stereocenters. The van der Waals surface area contributed by atoms with Crippen molar-refractivity contribution in [2.45, 2.75) is 13.0 Å². The molecule has 0 amide bonds. The molecule has 0 bridgehead atoms. The highest BCUT2D eigenvalue weighted by molar-refractivity contribution is 7.11. The Balaban J connectivity index is 2.40. The Kier molecular flexibility index (Phi) is 2.98.